The molecular weight excluding hydrogens is 348 g/mol. The molecule has 0 aromatic heterocycles. The molecule has 4 nitrogen and oxygen atoms in total. The van der Waals surface area contributed by atoms with Crippen LogP contribution < -0.4 is 0 Å². The highest BCUT2D eigenvalue weighted by Gasteiger charge is 2.34. The van der Waals surface area contributed by atoms with Crippen molar-refractivity contribution < 1.29 is 19.4 Å². The maximum Gasteiger partial charge on any atom is 0.321 e. The number of carbonyl (C=O) groups excluding carboxylic acids is 2. The van der Waals surface area contributed by atoms with Crippen LogP contribution in [0.4, 0.5) is 0 Å². The van der Waals surface area contributed by atoms with Gasteiger partial charge in [-0.25, -0.2) is 0 Å². The Hall–Kier alpha value is -1.07. The van der Waals surface area contributed by atoms with E-state index in [-0.39, 0.29) is 29.6 Å². The summed E-state index contributed by atoms with van der Waals surface area (Å²) in [4.78, 5) is 24.3. The van der Waals surface area contributed by atoms with Crippen molar-refractivity contribution in [3.8, 4) is 5.75 Å². The minimum absolute atomic E-state index is 0.154. The van der Waals surface area contributed by atoms with Crippen LogP contribution in [-0.2, 0) is 14.3 Å². The molecule has 0 aliphatic heterocycles. The minimum Gasteiger partial charge on any atom is -0.506 e. The maximum atomic E-state index is 12.3. The Morgan fingerprint density at radius 3 is 2.50 bits per heavy atom. The second-order valence-corrected chi connectivity index (χ2v) is 5.86. The Morgan fingerprint density at radius 1 is 1.40 bits per heavy atom. The average molecular weight is 364 g/mol. The first-order chi connectivity index (χ1) is 9.29. The van der Waals surface area contributed by atoms with Gasteiger partial charge in [0.05, 0.1) is 11.1 Å². The third-order valence-electron chi connectivity index (χ3n) is 2.74. The van der Waals surface area contributed by atoms with Gasteiger partial charge >= 0.3 is 5.97 Å². The third-order valence-corrected chi connectivity index (χ3v) is 3.57. The molecule has 0 heterocycles. The highest BCUT2D eigenvalue weighted by molar-refractivity contribution is 9.10. The fourth-order valence-electron chi connectivity index (χ4n) is 1.76. The molecule has 1 aromatic rings. The third kappa shape index (κ3) is 3.73. The zero-order valence-electron chi connectivity index (χ0n) is 11.4. The number of esters is 1. The molecule has 1 aromatic carbocycles. The van der Waals surface area contributed by atoms with E-state index in [4.69, 9.17) is 16.3 Å². The molecule has 1 N–H and O–H groups in total. The summed E-state index contributed by atoms with van der Waals surface area (Å²) in [6.45, 7) is 5.18. The van der Waals surface area contributed by atoms with Crippen molar-refractivity contribution in [2.24, 2.45) is 5.92 Å². The van der Waals surface area contributed by atoms with Gasteiger partial charge in [0, 0.05) is 16.5 Å². The minimum atomic E-state index is -1.18. The first kappa shape index (κ1) is 17.0. The lowest BCUT2D eigenvalue weighted by molar-refractivity contribution is -0.148. The van der Waals surface area contributed by atoms with E-state index < -0.39 is 11.9 Å². The summed E-state index contributed by atoms with van der Waals surface area (Å²) < 4.78 is 5.26. The molecule has 0 radical (unpaired) electrons. The Kier molecular flexibility index (Phi) is 6.02. The van der Waals surface area contributed by atoms with Gasteiger partial charge in [-0.2, -0.15) is 0 Å². The normalized spacial score (nSPS) is 12.3. The number of hydrogen-bond donors (Lipinski definition) is 1. The lowest BCUT2D eigenvalue weighted by Gasteiger charge is -2.18. The first-order valence-electron chi connectivity index (χ1n) is 6.17. The average Bonchev–Trinajstić information content (AvgIpc) is 2.35. The molecule has 1 rings (SSSR count). The summed E-state index contributed by atoms with van der Waals surface area (Å²) in [6, 6.07) is 2.89. The van der Waals surface area contributed by atoms with Crippen LogP contribution in [0.15, 0.2) is 16.6 Å². The molecule has 0 fully saturated rings. The smallest absolute Gasteiger partial charge is 0.321 e. The van der Waals surface area contributed by atoms with Gasteiger partial charge in [-0.05, 0) is 35.0 Å². The van der Waals surface area contributed by atoms with Gasteiger partial charge in [-0.15, -0.1) is 0 Å². The van der Waals surface area contributed by atoms with E-state index in [0.717, 1.165) is 0 Å². The number of benzene rings is 1. The lowest BCUT2D eigenvalue weighted by Crippen LogP contribution is -2.27. The molecule has 1 unspecified atom stereocenters. The van der Waals surface area contributed by atoms with Crippen LogP contribution in [-0.4, -0.2) is 23.5 Å². The molecule has 6 heteroatoms. The molecule has 0 amide bonds. The predicted octanol–water partition coefficient (Wildman–Crippen LogP) is 3.68. The Labute approximate surface area is 131 Å². The zero-order chi connectivity index (χ0) is 15.4. The molecule has 20 heavy (non-hydrogen) atoms. The number of Topliss-reactive ketones (excluding diaryl/α,β-unsaturated/α-hetero) is 1. The molecule has 0 bridgehead atoms. The number of halogens is 2. The Morgan fingerprint density at radius 2 is 2.00 bits per heavy atom. The van der Waals surface area contributed by atoms with Crippen molar-refractivity contribution in [2.75, 3.05) is 6.61 Å². The molecule has 0 aliphatic carbocycles. The van der Waals surface area contributed by atoms with E-state index in [2.05, 4.69) is 15.9 Å². The van der Waals surface area contributed by atoms with Gasteiger partial charge in [0.15, 0.2) is 5.78 Å². The fraction of sp³-hybridized carbons (Fsp3) is 0.429. The van der Waals surface area contributed by atoms with Crippen LogP contribution in [0, 0.1) is 5.92 Å². The second kappa shape index (κ2) is 7.09. The van der Waals surface area contributed by atoms with Gasteiger partial charge in [0.1, 0.15) is 11.7 Å². The first-order valence-corrected chi connectivity index (χ1v) is 7.34. The molecule has 0 saturated carbocycles. The standard InChI is InChI=1S/C14H16BrClO4/c1-4-20-14(19)11(12(17)7(2)3)9-5-8(16)6-10(15)13(9)18/h5-7,11,18H,4H2,1-3H3. The zero-order valence-corrected chi connectivity index (χ0v) is 13.8. The van der Waals surface area contributed by atoms with Crippen molar-refractivity contribution in [2.45, 2.75) is 26.7 Å². The van der Waals surface area contributed by atoms with E-state index in [1.165, 1.54) is 12.1 Å². The SMILES string of the molecule is CCOC(=O)C(C(=O)C(C)C)c1cc(Cl)cc(Br)c1O. The number of phenolic OH excluding ortho intramolecular Hbond substituents is 1. The number of hydrogen-bond acceptors (Lipinski definition) is 4. The van der Waals surface area contributed by atoms with Gasteiger partial charge in [0.25, 0.3) is 0 Å². The monoisotopic (exact) mass is 362 g/mol. The topological polar surface area (TPSA) is 63.6 Å². The molecule has 0 saturated heterocycles. The van der Waals surface area contributed by atoms with Crippen LogP contribution in [0.1, 0.15) is 32.3 Å². The van der Waals surface area contributed by atoms with Crippen LogP contribution >= 0.6 is 27.5 Å². The highest BCUT2D eigenvalue weighted by Crippen LogP contribution is 2.37. The number of phenols is 1. The predicted molar refractivity (Wildman–Crippen MR) is 80.0 cm³/mol. The van der Waals surface area contributed by atoms with E-state index >= 15 is 0 Å². The van der Waals surface area contributed by atoms with Crippen molar-refractivity contribution in [1.29, 1.82) is 0 Å². The van der Waals surface area contributed by atoms with Crippen molar-refractivity contribution in [3.05, 3.63) is 27.2 Å². The summed E-state index contributed by atoms with van der Waals surface area (Å²) >= 11 is 9.07. The number of rotatable bonds is 5. The molecule has 0 aliphatic rings. The van der Waals surface area contributed by atoms with E-state index in [0.29, 0.717) is 9.50 Å². The van der Waals surface area contributed by atoms with E-state index in [9.17, 15) is 14.7 Å². The van der Waals surface area contributed by atoms with Crippen molar-refractivity contribution in [3.63, 3.8) is 0 Å². The van der Waals surface area contributed by atoms with Crippen LogP contribution in [0.2, 0.25) is 5.02 Å². The summed E-state index contributed by atoms with van der Waals surface area (Å²) in [7, 11) is 0. The second-order valence-electron chi connectivity index (χ2n) is 4.57. The van der Waals surface area contributed by atoms with Crippen LogP contribution in [0.5, 0.6) is 5.75 Å². The van der Waals surface area contributed by atoms with Crippen molar-refractivity contribution in [1.82, 2.24) is 0 Å². The van der Waals surface area contributed by atoms with E-state index in [1.54, 1.807) is 20.8 Å². The van der Waals surface area contributed by atoms with E-state index in [1.807, 2.05) is 0 Å². The highest BCUT2D eigenvalue weighted by atomic mass is 79.9. The van der Waals surface area contributed by atoms with Gasteiger partial charge in [-0.3, -0.25) is 9.59 Å². The number of ketones is 1. The quantitative estimate of drug-likeness (QED) is 0.640. The number of aromatic hydroxyl groups is 1. The van der Waals surface area contributed by atoms with Crippen LogP contribution in [0.25, 0.3) is 0 Å². The number of ether oxygens (including phenoxy) is 1. The summed E-state index contributed by atoms with van der Waals surface area (Å²) in [5, 5.41) is 10.4. The van der Waals surface area contributed by atoms with Gasteiger partial charge in [-0.1, -0.05) is 25.4 Å². The Balaban J connectivity index is 3.37. The number of carbonyl (C=O) groups is 2. The van der Waals surface area contributed by atoms with Gasteiger partial charge < -0.3 is 9.84 Å². The summed E-state index contributed by atoms with van der Waals surface area (Å²) in [6.07, 6.45) is 0. The molecular formula is C14H16BrClO4. The summed E-state index contributed by atoms with van der Waals surface area (Å²) in [5.74, 6) is -2.74. The molecule has 0 spiro atoms. The largest absolute Gasteiger partial charge is 0.506 e. The maximum absolute atomic E-state index is 12.3. The van der Waals surface area contributed by atoms with Crippen molar-refractivity contribution >= 4 is 39.3 Å². The lowest BCUT2D eigenvalue weighted by atomic mass is 9.88. The molecule has 110 valence electrons. The summed E-state index contributed by atoms with van der Waals surface area (Å²) in [5.41, 5.74) is 0.154. The fourth-order valence-corrected chi connectivity index (χ4v) is 2.60. The van der Waals surface area contributed by atoms with Gasteiger partial charge in [0.2, 0.25) is 0 Å². The molecule has 1 atom stereocenters. The Bertz CT molecular complexity index is 528. The van der Waals surface area contributed by atoms with Crippen LogP contribution in [0.3, 0.4) is 0 Å².